The molecule has 0 aliphatic rings. The quantitative estimate of drug-likeness (QED) is 0.607. The summed E-state index contributed by atoms with van der Waals surface area (Å²) in [6, 6.07) is 10.4. The maximum Gasteiger partial charge on any atom is 0.221 e. The molecule has 2 aromatic carbocycles. The molecule has 2 aromatic rings. The van der Waals surface area contributed by atoms with Gasteiger partial charge >= 0.3 is 0 Å². The average molecular weight is 355 g/mol. The molecule has 6 nitrogen and oxygen atoms in total. The van der Waals surface area contributed by atoms with Crippen LogP contribution >= 0.6 is 0 Å². The van der Waals surface area contributed by atoms with E-state index in [1.807, 2.05) is 12.1 Å². The number of hydrogen-bond acceptors (Lipinski definition) is 5. The summed E-state index contributed by atoms with van der Waals surface area (Å²) in [4.78, 5) is 23.5. The van der Waals surface area contributed by atoms with Crippen molar-refractivity contribution < 1.29 is 23.8 Å². The first-order valence-electron chi connectivity index (χ1n) is 7.88. The number of nitrogens with one attached hydrogen (secondary N) is 1. The first kappa shape index (κ1) is 19.1. The summed E-state index contributed by atoms with van der Waals surface area (Å²) in [5, 5.41) is 2.69. The first-order chi connectivity index (χ1) is 12.5. The van der Waals surface area contributed by atoms with E-state index in [1.54, 1.807) is 30.3 Å². The van der Waals surface area contributed by atoms with Gasteiger partial charge < -0.3 is 19.5 Å². The van der Waals surface area contributed by atoms with Crippen LogP contribution in [0.3, 0.4) is 0 Å². The predicted molar refractivity (Wildman–Crippen MR) is 100 cm³/mol. The number of allylic oxidation sites excluding steroid dienone is 1. The van der Waals surface area contributed by atoms with Crippen molar-refractivity contribution in [3.8, 4) is 17.2 Å². The third-order valence-electron chi connectivity index (χ3n) is 3.61. The Hall–Kier alpha value is -3.28. The molecule has 1 N–H and O–H groups in total. The minimum absolute atomic E-state index is 0.133. The van der Waals surface area contributed by atoms with Crippen molar-refractivity contribution in [1.82, 2.24) is 0 Å². The zero-order valence-corrected chi connectivity index (χ0v) is 15.2. The van der Waals surface area contributed by atoms with Crippen LogP contribution in [-0.4, -0.2) is 33.0 Å². The number of methoxy groups -OCH3 is 3. The topological polar surface area (TPSA) is 73.9 Å². The van der Waals surface area contributed by atoms with Gasteiger partial charge in [-0.25, -0.2) is 0 Å². The largest absolute Gasteiger partial charge is 0.493 e. The fourth-order valence-electron chi connectivity index (χ4n) is 2.37. The maximum atomic E-state index is 12.5. The van der Waals surface area contributed by atoms with Crippen molar-refractivity contribution in [2.75, 3.05) is 26.6 Å². The highest BCUT2D eigenvalue weighted by Crippen LogP contribution is 2.38. The summed E-state index contributed by atoms with van der Waals surface area (Å²) >= 11 is 0. The Morgan fingerprint density at radius 2 is 1.50 bits per heavy atom. The third kappa shape index (κ3) is 4.63. The fourth-order valence-corrected chi connectivity index (χ4v) is 2.37. The fraction of sp³-hybridized carbons (Fsp3) is 0.200. The molecule has 2 rings (SSSR count). The van der Waals surface area contributed by atoms with Gasteiger partial charge in [-0.3, -0.25) is 9.59 Å². The predicted octanol–water partition coefficient (Wildman–Crippen LogP) is 3.57. The van der Waals surface area contributed by atoms with Crippen LogP contribution in [0.5, 0.6) is 17.2 Å². The summed E-state index contributed by atoms with van der Waals surface area (Å²) in [5.74, 6) is 0.941. The van der Waals surface area contributed by atoms with E-state index in [0.717, 1.165) is 5.56 Å². The van der Waals surface area contributed by atoms with Gasteiger partial charge in [0.15, 0.2) is 17.3 Å². The molecule has 0 aliphatic heterocycles. The van der Waals surface area contributed by atoms with E-state index in [0.29, 0.717) is 28.5 Å². The number of carbonyl (C=O) groups excluding carboxylic acids is 2. The molecule has 0 radical (unpaired) electrons. The highest BCUT2D eigenvalue weighted by Gasteiger charge is 2.15. The van der Waals surface area contributed by atoms with E-state index < -0.39 is 0 Å². The molecule has 0 saturated heterocycles. The van der Waals surface area contributed by atoms with Crippen LogP contribution in [0.4, 0.5) is 5.69 Å². The lowest BCUT2D eigenvalue weighted by Gasteiger charge is -2.13. The van der Waals surface area contributed by atoms with E-state index in [-0.39, 0.29) is 11.7 Å². The smallest absolute Gasteiger partial charge is 0.221 e. The van der Waals surface area contributed by atoms with Gasteiger partial charge in [0.05, 0.1) is 21.3 Å². The SMILES string of the molecule is COc1cc(C(=O)/C=C/c2ccc(NC(C)=O)cc2)cc(OC)c1OC. The van der Waals surface area contributed by atoms with Crippen LogP contribution in [0.1, 0.15) is 22.8 Å². The second-order valence-electron chi connectivity index (χ2n) is 5.41. The summed E-state index contributed by atoms with van der Waals surface area (Å²) in [7, 11) is 4.50. The molecule has 0 unspecified atom stereocenters. The third-order valence-corrected chi connectivity index (χ3v) is 3.61. The Morgan fingerprint density at radius 1 is 0.923 bits per heavy atom. The molecule has 0 saturated carbocycles. The maximum absolute atomic E-state index is 12.5. The van der Waals surface area contributed by atoms with Gasteiger partial charge in [0, 0.05) is 18.2 Å². The van der Waals surface area contributed by atoms with E-state index in [9.17, 15) is 9.59 Å². The van der Waals surface area contributed by atoms with Crippen LogP contribution in [0.15, 0.2) is 42.5 Å². The van der Waals surface area contributed by atoms with Crippen molar-refractivity contribution in [1.29, 1.82) is 0 Å². The molecule has 26 heavy (non-hydrogen) atoms. The van der Waals surface area contributed by atoms with E-state index >= 15 is 0 Å². The van der Waals surface area contributed by atoms with Crippen molar-refractivity contribution in [2.45, 2.75) is 6.92 Å². The molecular weight excluding hydrogens is 334 g/mol. The molecule has 0 atom stereocenters. The summed E-state index contributed by atoms with van der Waals surface area (Å²) < 4.78 is 15.8. The summed E-state index contributed by atoms with van der Waals surface area (Å²) in [6.45, 7) is 1.45. The van der Waals surface area contributed by atoms with Gasteiger partial charge in [-0.15, -0.1) is 0 Å². The van der Waals surface area contributed by atoms with Crippen LogP contribution < -0.4 is 19.5 Å². The lowest BCUT2D eigenvalue weighted by molar-refractivity contribution is -0.114. The molecule has 6 heteroatoms. The lowest BCUT2D eigenvalue weighted by atomic mass is 10.1. The van der Waals surface area contributed by atoms with Crippen LogP contribution in [0.25, 0.3) is 6.08 Å². The van der Waals surface area contributed by atoms with Crippen molar-refractivity contribution in [3.05, 3.63) is 53.6 Å². The first-order valence-corrected chi connectivity index (χ1v) is 7.88. The standard InChI is InChI=1S/C20H21NO5/c1-13(22)21-16-8-5-14(6-9-16)7-10-17(23)15-11-18(24-2)20(26-4)19(12-15)25-3/h5-12H,1-4H3,(H,21,22)/b10-7+. The van der Waals surface area contributed by atoms with Crippen molar-refractivity contribution in [3.63, 3.8) is 0 Å². The van der Waals surface area contributed by atoms with Gasteiger partial charge in [0.2, 0.25) is 11.7 Å². The van der Waals surface area contributed by atoms with Crippen LogP contribution in [-0.2, 0) is 4.79 Å². The molecule has 136 valence electrons. The lowest BCUT2D eigenvalue weighted by Crippen LogP contribution is -2.05. The van der Waals surface area contributed by atoms with E-state index in [2.05, 4.69) is 5.32 Å². The number of hydrogen-bond donors (Lipinski definition) is 1. The Bertz CT molecular complexity index is 800. The molecule has 0 heterocycles. The monoisotopic (exact) mass is 355 g/mol. The highest BCUT2D eigenvalue weighted by atomic mass is 16.5. The van der Waals surface area contributed by atoms with Crippen LogP contribution in [0.2, 0.25) is 0 Å². The zero-order valence-electron chi connectivity index (χ0n) is 15.2. The number of carbonyl (C=O) groups is 2. The number of ether oxygens (including phenoxy) is 3. The van der Waals surface area contributed by atoms with Crippen molar-refractivity contribution >= 4 is 23.5 Å². The molecular formula is C20H21NO5. The average Bonchev–Trinajstić information content (AvgIpc) is 2.65. The van der Waals surface area contributed by atoms with Gasteiger partial charge in [-0.05, 0) is 35.9 Å². The van der Waals surface area contributed by atoms with E-state index in [4.69, 9.17) is 14.2 Å². The number of anilines is 1. The minimum atomic E-state index is -0.199. The number of amides is 1. The Labute approximate surface area is 152 Å². The summed E-state index contributed by atoms with van der Waals surface area (Å²) in [6.07, 6.45) is 3.16. The molecule has 0 aliphatic carbocycles. The van der Waals surface area contributed by atoms with E-state index in [1.165, 1.54) is 34.3 Å². The molecule has 0 spiro atoms. The molecule has 1 amide bonds. The second kappa shape index (κ2) is 8.71. The number of benzene rings is 2. The van der Waals surface area contributed by atoms with Gasteiger partial charge in [0.1, 0.15) is 0 Å². The van der Waals surface area contributed by atoms with Gasteiger partial charge in [0.25, 0.3) is 0 Å². The Balaban J connectivity index is 2.21. The summed E-state index contributed by atoms with van der Waals surface area (Å²) in [5.41, 5.74) is 1.95. The Morgan fingerprint density at radius 3 is 1.96 bits per heavy atom. The van der Waals surface area contributed by atoms with Gasteiger partial charge in [-0.1, -0.05) is 18.2 Å². The van der Waals surface area contributed by atoms with Crippen LogP contribution in [0, 0.1) is 0 Å². The Kier molecular flexibility index (Phi) is 6.38. The molecule has 0 bridgehead atoms. The normalized spacial score (nSPS) is 10.5. The molecule has 0 aromatic heterocycles. The zero-order chi connectivity index (χ0) is 19.1. The minimum Gasteiger partial charge on any atom is -0.493 e. The number of rotatable bonds is 7. The highest BCUT2D eigenvalue weighted by molar-refractivity contribution is 6.07. The van der Waals surface area contributed by atoms with Crippen molar-refractivity contribution in [2.24, 2.45) is 0 Å². The number of ketones is 1. The van der Waals surface area contributed by atoms with Gasteiger partial charge in [-0.2, -0.15) is 0 Å². The molecule has 0 fully saturated rings. The second-order valence-corrected chi connectivity index (χ2v) is 5.41.